The Labute approximate surface area is 127 Å². The lowest BCUT2D eigenvalue weighted by Gasteiger charge is -2.49. The van der Waals surface area contributed by atoms with E-state index in [-0.39, 0.29) is 5.82 Å². The Morgan fingerprint density at radius 3 is 2.81 bits per heavy atom. The molecule has 0 bridgehead atoms. The lowest BCUT2D eigenvalue weighted by Crippen LogP contribution is -2.50. The van der Waals surface area contributed by atoms with Gasteiger partial charge >= 0.3 is 0 Å². The quantitative estimate of drug-likeness (QED) is 0.918. The molecular weight excluding hydrogens is 263 g/mol. The third-order valence-electron chi connectivity index (χ3n) is 5.53. The average Bonchev–Trinajstić information content (AvgIpc) is 2.50. The third kappa shape index (κ3) is 3.14. The summed E-state index contributed by atoms with van der Waals surface area (Å²) in [7, 11) is 0. The number of benzene rings is 1. The SMILES string of the molecule is CCCN1CCC2(CCNCC2c2cccc(F)c2)CC1. The molecule has 0 aromatic heterocycles. The fraction of sp³-hybridized carbons (Fsp3) is 0.667. The highest BCUT2D eigenvalue weighted by Crippen LogP contribution is 2.48. The molecule has 1 atom stereocenters. The van der Waals surface area contributed by atoms with Crippen molar-refractivity contribution in [2.24, 2.45) is 5.41 Å². The van der Waals surface area contributed by atoms with Gasteiger partial charge in [0, 0.05) is 12.5 Å². The molecule has 21 heavy (non-hydrogen) atoms. The van der Waals surface area contributed by atoms with Gasteiger partial charge in [-0.15, -0.1) is 0 Å². The molecule has 2 saturated heterocycles. The standard InChI is InChI=1S/C18H27FN2/c1-2-10-21-11-7-18(8-12-21)6-9-20-14-17(18)15-4-3-5-16(19)13-15/h3-5,13,17,20H,2,6-12,14H2,1H3. The number of hydrogen-bond donors (Lipinski definition) is 1. The maximum atomic E-state index is 13.6. The topological polar surface area (TPSA) is 15.3 Å². The van der Waals surface area contributed by atoms with Crippen LogP contribution in [0.25, 0.3) is 0 Å². The Kier molecular flexibility index (Phi) is 4.60. The van der Waals surface area contributed by atoms with Crippen LogP contribution in [0, 0.1) is 11.2 Å². The lowest BCUT2D eigenvalue weighted by atomic mass is 9.63. The molecule has 2 fully saturated rings. The third-order valence-corrected chi connectivity index (χ3v) is 5.53. The van der Waals surface area contributed by atoms with Crippen molar-refractivity contribution in [1.29, 1.82) is 0 Å². The summed E-state index contributed by atoms with van der Waals surface area (Å²) in [6, 6.07) is 7.27. The van der Waals surface area contributed by atoms with Gasteiger partial charge < -0.3 is 10.2 Å². The van der Waals surface area contributed by atoms with Gasteiger partial charge in [0.15, 0.2) is 0 Å². The average molecular weight is 290 g/mol. The van der Waals surface area contributed by atoms with Crippen LogP contribution in [0.1, 0.15) is 44.1 Å². The second-order valence-electron chi connectivity index (χ2n) is 6.77. The van der Waals surface area contributed by atoms with Gasteiger partial charge in [0.1, 0.15) is 5.82 Å². The Bertz CT molecular complexity index is 466. The minimum Gasteiger partial charge on any atom is -0.316 e. The van der Waals surface area contributed by atoms with Crippen LogP contribution < -0.4 is 5.32 Å². The second-order valence-corrected chi connectivity index (χ2v) is 6.77. The first-order chi connectivity index (χ1) is 10.2. The molecule has 2 heterocycles. The maximum absolute atomic E-state index is 13.6. The Morgan fingerprint density at radius 2 is 2.10 bits per heavy atom. The molecule has 0 saturated carbocycles. The molecule has 1 spiro atoms. The number of hydrogen-bond acceptors (Lipinski definition) is 2. The van der Waals surface area contributed by atoms with Crippen molar-refractivity contribution in [3.05, 3.63) is 35.6 Å². The van der Waals surface area contributed by atoms with Crippen LogP contribution in [0.5, 0.6) is 0 Å². The van der Waals surface area contributed by atoms with E-state index in [1.165, 1.54) is 50.9 Å². The molecule has 1 aromatic rings. The first-order valence-corrected chi connectivity index (χ1v) is 8.42. The Hall–Kier alpha value is -0.930. The monoisotopic (exact) mass is 290 g/mol. The molecule has 3 heteroatoms. The zero-order valence-electron chi connectivity index (χ0n) is 13.1. The highest BCUT2D eigenvalue weighted by molar-refractivity contribution is 5.25. The second kappa shape index (κ2) is 6.45. The van der Waals surface area contributed by atoms with Crippen molar-refractivity contribution in [2.45, 2.75) is 38.5 Å². The zero-order valence-corrected chi connectivity index (χ0v) is 13.1. The van der Waals surface area contributed by atoms with Crippen molar-refractivity contribution in [1.82, 2.24) is 10.2 Å². The number of nitrogens with one attached hydrogen (secondary N) is 1. The summed E-state index contributed by atoms with van der Waals surface area (Å²) in [4.78, 5) is 2.59. The van der Waals surface area contributed by atoms with E-state index in [0.717, 1.165) is 13.1 Å². The van der Waals surface area contributed by atoms with E-state index in [4.69, 9.17) is 0 Å². The highest BCUT2D eigenvalue weighted by atomic mass is 19.1. The molecule has 1 N–H and O–H groups in total. The first kappa shape index (κ1) is 15.0. The number of halogens is 1. The molecule has 116 valence electrons. The van der Waals surface area contributed by atoms with Crippen LogP contribution in [0.15, 0.2) is 24.3 Å². The number of piperidine rings is 2. The van der Waals surface area contributed by atoms with E-state index in [0.29, 0.717) is 11.3 Å². The smallest absolute Gasteiger partial charge is 0.123 e. The zero-order chi connectivity index (χ0) is 14.7. The number of nitrogens with zero attached hydrogens (tertiary/aromatic N) is 1. The Balaban J connectivity index is 1.79. The maximum Gasteiger partial charge on any atom is 0.123 e. The molecule has 0 aliphatic carbocycles. The molecule has 2 nitrogen and oxygen atoms in total. The van der Waals surface area contributed by atoms with Crippen molar-refractivity contribution < 1.29 is 4.39 Å². The van der Waals surface area contributed by atoms with Gasteiger partial charge in [0.2, 0.25) is 0 Å². The van der Waals surface area contributed by atoms with Gasteiger partial charge in [0.05, 0.1) is 0 Å². The molecule has 3 rings (SSSR count). The van der Waals surface area contributed by atoms with Crippen LogP contribution in [-0.2, 0) is 0 Å². The van der Waals surface area contributed by atoms with Gasteiger partial charge in [-0.2, -0.15) is 0 Å². The minimum atomic E-state index is -0.100. The van der Waals surface area contributed by atoms with E-state index >= 15 is 0 Å². The fourth-order valence-corrected chi connectivity index (χ4v) is 4.31. The van der Waals surface area contributed by atoms with E-state index in [1.54, 1.807) is 12.1 Å². The fourth-order valence-electron chi connectivity index (χ4n) is 4.31. The number of likely N-dealkylation sites (tertiary alicyclic amines) is 1. The van der Waals surface area contributed by atoms with Crippen LogP contribution in [0.3, 0.4) is 0 Å². The summed E-state index contributed by atoms with van der Waals surface area (Å²) < 4.78 is 13.6. The minimum absolute atomic E-state index is 0.100. The molecule has 1 unspecified atom stereocenters. The van der Waals surface area contributed by atoms with Gasteiger partial charge in [-0.3, -0.25) is 0 Å². The van der Waals surface area contributed by atoms with Gasteiger partial charge in [0.25, 0.3) is 0 Å². The normalized spacial score (nSPS) is 26.1. The largest absolute Gasteiger partial charge is 0.316 e. The molecular formula is C18H27FN2. The summed E-state index contributed by atoms with van der Waals surface area (Å²) in [5.41, 5.74) is 1.56. The van der Waals surface area contributed by atoms with E-state index < -0.39 is 0 Å². The predicted molar refractivity (Wildman–Crippen MR) is 85.0 cm³/mol. The molecule has 1 aromatic carbocycles. The molecule has 0 amide bonds. The molecule has 2 aliphatic rings. The van der Waals surface area contributed by atoms with E-state index in [1.807, 2.05) is 6.07 Å². The molecule has 2 aliphatic heterocycles. The van der Waals surface area contributed by atoms with Crippen molar-refractivity contribution in [3.8, 4) is 0 Å². The predicted octanol–water partition coefficient (Wildman–Crippen LogP) is 3.39. The van der Waals surface area contributed by atoms with Crippen LogP contribution in [0.2, 0.25) is 0 Å². The highest BCUT2D eigenvalue weighted by Gasteiger charge is 2.43. The summed E-state index contributed by atoms with van der Waals surface area (Å²) in [5.74, 6) is 0.363. The van der Waals surface area contributed by atoms with Gasteiger partial charge in [-0.25, -0.2) is 4.39 Å². The lowest BCUT2D eigenvalue weighted by molar-refractivity contribution is 0.0538. The summed E-state index contributed by atoms with van der Waals surface area (Å²) >= 11 is 0. The first-order valence-electron chi connectivity index (χ1n) is 8.42. The van der Waals surface area contributed by atoms with E-state index in [9.17, 15) is 4.39 Å². The summed E-state index contributed by atoms with van der Waals surface area (Å²) in [6.07, 6.45) is 4.99. The van der Waals surface area contributed by atoms with Gasteiger partial charge in [-0.05, 0) is 75.0 Å². The van der Waals surface area contributed by atoms with Crippen molar-refractivity contribution in [3.63, 3.8) is 0 Å². The van der Waals surface area contributed by atoms with Gasteiger partial charge in [-0.1, -0.05) is 19.1 Å². The van der Waals surface area contributed by atoms with Crippen LogP contribution >= 0.6 is 0 Å². The summed E-state index contributed by atoms with van der Waals surface area (Å²) in [5, 5.41) is 3.52. The van der Waals surface area contributed by atoms with E-state index in [2.05, 4.69) is 23.2 Å². The summed E-state index contributed by atoms with van der Waals surface area (Å²) in [6.45, 7) is 8.00. The molecule has 0 radical (unpaired) electrons. The van der Waals surface area contributed by atoms with Crippen LogP contribution in [-0.4, -0.2) is 37.6 Å². The van der Waals surface area contributed by atoms with Crippen molar-refractivity contribution in [2.75, 3.05) is 32.7 Å². The van der Waals surface area contributed by atoms with Crippen LogP contribution in [0.4, 0.5) is 4.39 Å². The van der Waals surface area contributed by atoms with Crippen molar-refractivity contribution >= 4 is 0 Å². The Morgan fingerprint density at radius 1 is 1.29 bits per heavy atom. The number of rotatable bonds is 3.